The molecule has 0 spiro atoms. The summed E-state index contributed by atoms with van der Waals surface area (Å²) in [6.45, 7) is 3.73. The maximum atomic E-state index is 11.8. The van der Waals surface area contributed by atoms with E-state index in [1.165, 1.54) is 0 Å². The number of carbonyl (C=O) groups is 2. The van der Waals surface area contributed by atoms with Gasteiger partial charge in [-0.15, -0.1) is 0 Å². The van der Waals surface area contributed by atoms with Crippen LogP contribution in [0, 0.1) is 5.92 Å². The maximum absolute atomic E-state index is 11.8. The lowest BCUT2D eigenvalue weighted by atomic mass is 10.0. The highest BCUT2D eigenvalue weighted by atomic mass is 16.5. The summed E-state index contributed by atoms with van der Waals surface area (Å²) in [4.78, 5) is 22.9. The molecule has 0 saturated carbocycles. The van der Waals surface area contributed by atoms with E-state index in [9.17, 15) is 9.59 Å². The Bertz CT molecular complexity index is 318. The molecule has 2 amide bonds. The number of carboxylic acids is 1. The summed E-state index contributed by atoms with van der Waals surface area (Å²) >= 11 is 0. The van der Waals surface area contributed by atoms with Gasteiger partial charge in [-0.25, -0.2) is 9.59 Å². The minimum absolute atomic E-state index is 0.0362. The molecule has 1 heterocycles. The molecule has 3 N–H and O–H groups in total. The fourth-order valence-electron chi connectivity index (χ4n) is 2.16. The van der Waals surface area contributed by atoms with Crippen molar-refractivity contribution in [1.29, 1.82) is 0 Å². The molecule has 116 valence electrons. The quantitative estimate of drug-likeness (QED) is 0.568. The Balaban J connectivity index is 2.34. The van der Waals surface area contributed by atoms with Crippen LogP contribution in [0.25, 0.3) is 0 Å². The van der Waals surface area contributed by atoms with Gasteiger partial charge in [0.1, 0.15) is 6.04 Å². The number of methoxy groups -OCH3 is 1. The van der Waals surface area contributed by atoms with Crippen LogP contribution in [-0.4, -0.2) is 56.1 Å². The minimum atomic E-state index is -1.03. The van der Waals surface area contributed by atoms with Crippen molar-refractivity contribution >= 4 is 12.0 Å². The molecular formula is C13H24N2O5. The molecule has 1 aliphatic rings. The number of nitrogens with one attached hydrogen (secondary N) is 2. The van der Waals surface area contributed by atoms with Crippen LogP contribution in [0.1, 0.15) is 26.2 Å². The third-order valence-corrected chi connectivity index (χ3v) is 3.48. The van der Waals surface area contributed by atoms with Gasteiger partial charge in [0.2, 0.25) is 0 Å². The van der Waals surface area contributed by atoms with Crippen LogP contribution in [0.2, 0.25) is 0 Å². The van der Waals surface area contributed by atoms with Gasteiger partial charge < -0.3 is 25.2 Å². The zero-order valence-corrected chi connectivity index (χ0v) is 12.1. The normalized spacial score (nSPS) is 21.2. The van der Waals surface area contributed by atoms with Crippen LogP contribution in [0.3, 0.4) is 0 Å². The first kappa shape index (κ1) is 16.7. The Morgan fingerprint density at radius 2 is 2.20 bits per heavy atom. The highest BCUT2D eigenvalue weighted by Crippen LogP contribution is 2.16. The molecule has 0 bridgehead atoms. The van der Waals surface area contributed by atoms with Crippen molar-refractivity contribution in [3.05, 3.63) is 0 Å². The second kappa shape index (κ2) is 8.76. The average molecular weight is 288 g/mol. The third-order valence-electron chi connectivity index (χ3n) is 3.48. The molecule has 1 rings (SSSR count). The molecule has 7 heteroatoms. The predicted molar refractivity (Wildman–Crippen MR) is 72.6 cm³/mol. The van der Waals surface area contributed by atoms with E-state index in [0.29, 0.717) is 32.7 Å². The van der Waals surface area contributed by atoms with E-state index in [-0.39, 0.29) is 12.0 Å². The minimum Gasteiger partial charge on any atom is -0.480 e. The number of amides is 2. The van der Waals surface area contributed by atoms with Gasteiger partial charge >= 0.3 is 12.0 Å². The fraction of sp³-hybridized carbons (Fsp3) is 0.846. The smallest absolute Gasteiger partial charge is 0.326 e. The summed E-state index contributed by atoms with van der Waals surface area (Å²) < 4.78 is 10.1. The van der Waals surface area contributed by atoms with Crippen molar-refractivity contribution in [3.8, 4) is 0 Å². The third kappa shape index (κ3) is 5.75. The Kier molecular flexibility index (Phi) is 7.32. The number of hydrogen-bond donors (Lipinski definition) is 3. The first-order chi connectivity index (χ1) is 9.54. The van der Waals surface area contributed by atoms with Crippen LogP contribution >= 0.6 is 0 Å². The van der Waals surface area contributed by atoms with Gasteiger partial charge in [0.25, 0.3) is 0 Å². The highest BCUT2D eigenvalue weighted by molar-refractivity contribution is 5.82. The summed E-state index contributed by atoms with van der Waals surface area (Å²) in [6, 6.07) is -1.38. The van der Waals surface area contributed by atoms with Crippen molar-refractivity contribution in [2.75, 3.05) is 26.9 Å². The van der Waals surface area contributed by atoms with Crippen LogP contribution in [-0.2, 0) is 14.3 Å². The van der Waals surface area contributed by atoms with E-state index in [1.807, 2.05) is 6.92 Å². The number of aliphatic carboxylic acids is 1. The van der Waals surface area contributed by atoms with E-state index in [2.05, 4.69) is 10.6 Å². The van der Waals surface area contributed by atoms with Gasteiger partial charge in [-0.1, -0.05) is 0 Å². The number of urea groups is 1. The van der Waals surface area contributed by atoms with E-state index in [4.69, 9.17) is 14.6 Å². The molecule has 3 atom stereocenters. The molecule has 1 saturated heterocycles. The van der Waals surface area contributed by atoms with E-state index in [0.717, 1.165) is 6.42 Å². The summed E-state index contributed by atoms with van der Waals surface area (Å²) in [6.07, 6.45) is 1.84. The van der Waals surface area contributed by atoms with Crippen LogP contribution < -0.4 is 10.6 Å². The van der Waals surface area contributed by atoms with Gasteiger partial charge in [0, 0.05) is 32.3 Å². The number of ether oxygens (including phenoxy) is 2. The molecule has 20 heavy (non-hydrogen) atoms. The van der Waals surface area contributed by atoms with Gasteiger partial charge in [0.05, 0.1) is 6.61 Å². The molecule has 0 radical (unpaired) electrons. The monoisotopic (exact) mass is 288 g/mol. The lowest BCUT2D eigenvalue weighted by Gasteiger charge is -2.21. The molecule has 0 aromatic rings. The van der Waals surface area contributed by atoms with E-state index in [1.54, 1.807) is 7.11 Å². The molecule has 1 aliphatic heterocycles. The second-order valence-corrected chi connectivity index (χ2v) is 5.06. The van der Waals surface area contributed by atoms with Crippen molar-refractivity contribution in [3.63, 3.8) is 0 Å². The number of carboxylic acid groups (broad SMARTS) is 1. The topological polar surface area (TPSA) is 96.9 Å². The Morgan fingerprint density at radius 1 is 1.45 bits per heavy atom. The van der Waals surface area contributed by atoms with Crippen LogP contribution in [0.15, 0.2) is 0 Å². The second-order valence-electron chi connectivity index (χ2n) is 5.06. The molecule has 3 unspecified atom stereocenters. The zero-order valence-electron chi connectivity index (χ0n) is 12.1. The van der Waals surface area contributed by atoms with Gasteiger partial charge in [0.15, 0.2) is 0 Å². The molecule has 0 aromatic heterocycles. The number of rotatable bonds is 8. The van der Waals surface area contributed by atoms with Gasteiger partial charge in [-0.2, -0.15) is 0 Å². The van der Waals surface area contributed by atoms with Gasteiger partial charge in [-0.3, -0.25) is 0 Å². The molecule has 7 nitrogen and oxygen atoms in total. The van der Waals surface area contributed by atoms with Crippen molar-refractivity contribution in [1.82, 2.24) is 10.6 Å². The summed E-state index contributed by atoms with van der Waals surface area (Å²) in [5, 5.41) is 14.3. The number of carbonyl (C=O) groups excluding carboxylic acids is 1. The molecular weight excluding hydrogens is 264 g/mol. The average Bonchev–Trinajstić information content (AvgIpc) is 2.91. The molecule has 1 fully saturated rings. The highest BCUT2D eigenvalue weighted by Gasteiger charge is 2.25. The van der Waals surface area contributed by atoms with E-state index < -0.39 is 18.0 Å². The first-order valence-electron chi connectivity index (χ1n) is 6.91. The van der Waals surface area contributed by atoms with Crippen molar-refractivity contribution in [2.24, 2.45) is 5.92 Å². The van der Waals surface area contributed by atoms with Crippen LogP contribution in [0.5, 0.6) is 0 Å². The molecule has 0 aliphatic carbocycles. The lowest BCUT2D eigenvalue weighted by Crippen LogP contribution is -2.50. The first-order valence-corrected chi connectivity index (χ1v) is 6.91. The SMILES string of the molecule is COCCCC(NC(=O)NC(C)C1CCOC1)C(=O)O. The molecule has 0 aromatic carbocycles. The van der Waals surface area contributed by atoms with E-state index >= 15 is 0 Å². The van der Waals surface area contributed by atoms with Crippen molar-refractivity contribution in [2.45, 2.75) is 38.3 Å². The lowest BCUT2D eigenvalue weighted by molar-refractivity contribution is -0.139. The summed E-state index contributed by atoms with van der Waals surface area (Å²) in [7, 11) is 1.56. The van der Waals surface area contributed by atoms with Gasteiger partial charge in [-0.05, 0) is 26.2 Å². The Hall–Kier alpha value is -1.34. The summed E-state index contributed by atoms with van der Waals surface area (Å²) in [5.74, 6) is -0.745. The Labute approximate surface area is 119 Å². The van der Waals surface area contributed by atoms with Crippen LogP contribution in [0.4, 0.5) is 4.79 Å². The predicted octanol–water partition coefficient (Wildman–Crippen LogP) is 0.590. The van der Waals surface area contributed by atoms with Crippen molar-refractivity contribution < 1.29 is 24.2 Å². The zero-order chi connectivity index (χ0) is 15.0. The summed E-state index contributed by atoms with van der Waals surface area (Å²) in [5.41, 5.74) is 0. The largest absolute Gasteiger partial charge is 0.480 e. The standard InChI is InChI=1S/C13H24N2O5/c1-9(10-5-7-20-8-10)14-13(18)15-11(12(16)17)4-3-6-19-2/h9-11H,3-8H2,1-2H3,(H,16,17)(H2,14,15,18). The fourth-order valence-corrected chi connectivity index (χ4v) is 2.16. The maximum Gasteiger partial charge on any atom is 0.326 e. The number of hydrogen-bond acceptors (Lipinski definition) is 4. The Morgan fingerprint density at radius 3 is 2.75 bits per heavy atom.